The van der Waals surface area contributed by atoms with Crippen LogP contribution < -0.4 is 0 Å². The van der Waals surface area contributed by atoms with Crippen LogP contribution in [0.1, 0.15) is 0 Å². The Bertz CT molecular complexity index is 2910. The molecule has 0 bridgehead atoms. The Morgan fingerprint density at radius 3 is 1.12 bits per heavy atom. The summed E-state index contributed by atoms with van der Waals surface area (Å²) < 4.78 is 33.1. The minimum Gasteiger partial charge on any atom is -0.282 e. The summed E-state index contributed by atoms with van der Waals surface area (Å²) >= 11 is 0. The van der Waals surface area contributed by atoms with Crippen LogP contribution in [0.3, 0.4) is 0 Å². The Morgan fingerprint density at radius 2 is 0.700 bits per heavy atom. The lowest BCUT2D eigenvalue weighted by Gasteiger charge is -2.10. The summed E-state index contributed by atoms with van der Waals surface area (Å²) in [5.74, 6) is 0. The molecule has 5 aromatic carbocycles. The number of nitrogens with zero attached hydrogens (tertiary/aromatic N) is 4. The molecule has 9 aromatic rings. The van der Waals surface area contributed by atoms with Crippen molar-refractivity contribution in [1.82, 2.24) is 19.9 Å². The van der Waals surface area contributed by atoms with Crippen LogP contribution in [0.2, 0.25) is 0 Å². The summed E-state index contributed by atoms with van der Waals surface area (Å²) in [6.07, 6.45) is 0. The number of hydrogen-bond donors (Lipinski definition) is 1. The van der Waals surface area contributed by atoms with Crippen molar-refractivity contribution in [3.05, 3.63) is 152 Å². The molecule has 1 N–H and O–H groups in total. The predicted octanol–water partition coefficient (Wildman–Crippen LogP) is 9.79. The van der Waals surface area contributed by atoms with E-state index in [1.165, 1.54) is 12.1 Å². The standard InChI is InChI=1S/C42H26N4O3S/c47-50(48,49)34-11-5-10-33(25-34)38-23-19-30-15-14-29-18-22-37(45-41(29)42(30)46-38)32-9-4-8-31(24-32)36-21-17-28-13-12-27-16-20-35(26-6-2-1-3-7-26)43-39(27)40(28)44-36/h1-25H,(H,47,48,49). The zero-order valence-corrected chi connectivity index (χ0v) is 27.2. The molecule has 4 heterocycles. The maximum Gasteiger partial charge on any atom is 0.294 e. The van der Waals surface area contributed by atoms with Gasteiger partial charge < -0.3 is 0 Å². The van der Waals surface area contributed by atoms with E-state index in [2.05, 4.69) is 48.5 Å². The zero-order valence-electron chi connectivity index (χ0n) is 26.4. The SMILES string of the molecule is O=S(=O)(O)c1cccc(-c2ccc3ccc4ccc(-c5cccc(-c6ccc7ccc8ccc(-c9ccccc9)nc8c7n6)c5)nc4c3n2)c1. The van der Waals surface area contributed by atoms with Gasteiger partial charge in [0.1, 0.15) is 0 Å². The lowest BCUT2D eigenvalue weighted by Crippen LogP contribution is -1.98. The van der Waals surface area contributed by atoms with Crippen LogP contribution in [-0.4, -0.2) is 32.9 Å². The van der Waals surface area contributed by atoms with Crippen molar-refractivity contribution in [2.75, 3.05) is 0 Å². The van der Waals surface area contributed by atoms with Crippen molar-refractivity contribution in [3.63, 3.8) is 0 Å². The molecular weight excluding hydrogens is 641 g/mol. The third-order valence-corrected chi connectivity index (χ3v) is 9.84. The topological polar surface area (TPSA) is 106 Å². The molecule has 4 aromatic heterocycles. The highest BCUT2D eigenvalue weighted by atomic mass is 32.2. The smallest absolute Gasteiger partial charge is 0.282 e. The zero-order chi connectivity index (χ0) is 33.8. The molecule has 0 atom stereocenters. The van der Waals surface area contributed by atoms with E-state index in [0.717, 1.165) is 71.9 Å². The van der Waals surface area contributed by atoms with E-state index in [1.54, 1.807) is 12.1 Å². The Kier molecular flexibility index (Phi) is 6.94. The van der Waals surface area contributed by atoms with Gasteiger partial charge >= 0.3 is 0 Å². The van der Waals surface area contributed by atoms with Gasteiger partial charge in [0.2, 0.25) is 0 Å². The van der Waals surface area contributed by atoms with E-state index < -0.39 is 10.1 Å². The molecule has 7 nitrogen and oxygen atoms in total. The van der Waals surface area contributed by atoms with Crippen molar-refractivity contribution in [2.45, 2.75) is 4.90 Å². The minimum absolute atomic E-state index is 0.183. The molecule has 0 amide bonds. The Morgan fingerprint density at radius 1 is 0.360 bits per heavy atom. The molecule has 0 saturated heterocycles. The van der Waals surface area contributed by atoms with Crippen molar-refractivity contribution in [3.8, 4) is 45.0 Å². The first-order valence-electron chi connectivity index (χ1n) is 16.0. The van der Waals surface area contributed by atoms with Gasteiger partial charge in [-0.25, -0.2) is 19.9 Å². The summed E-state index contributed by atoms with van der Waals surface area (Å²) in [5.41, 5.74) is 9.76. The second-order valence-corrected chi connectivity index (χ2v) is 13.6. The maximum absolute atomic E-state index is 11.8. The number of aromatic nitrogens is 4. The fraction of sp³-hybridized carbons (Fsp3) is 0. The monoisotopic (exact) mass is 666 g/mol. The van der Waals surface area contributed by atoms with Crippen LogP contribution in [0.25, 0.3) is 88.6 Å². The molecule has 0 unspecified atom stereocenters. The van der Waals surface area contributed by atoms with E-state index >= 15 is 0 Å². The average molecular weight is 667 g/mol. The van der Waals surface area contributed by atoms with Crippen molar-refractivity contribution in [2.24, 2.45) is 0 Å². The van der Waals surface area contributed by atoms with Gasteiger partial charge in [-0.3, -0.25) is 4.55 Å². The molecule has 0 aliphatic heterocycles. The summed E-state index contributed by atoms with van der Waals surface area (Å²) in [6, 6.07) is 48.8. The number of fused-ring (bicyclic) bond motifs is 6. The molecule has 0 spiro atoms. The molecule has 8 heteroatoms. The van der Waals surface area contributed by atoms with E-state index in [4.69, 9.17) is 19.9 Å². The van der Waals surface area contributed by atoms with Gasteiger partial charge in [-0.15, -0.1) is 0 Å². The molecule has 0 saturated carbocycles. The predicted molar refractivity (Wildman–Crippen MR) is 199 cm³/mol. The van der Waals surface area contributed by atoms with Crippen molar-refractivity contribution < 1.29 is 13.0 Å². The third kappa shape index (κ3) is 5.33. The summed E-state index contributed by atoms with van der Waals surface area (Å²) in [6.45, 7) is 0. The molecule has 0 aliphatic carbocycles. The Labute approximate surface area is 287 Å². The van der Waals surface area contributed by atoms with Gasteiger partial charge in [-0.2, -0.15) is 8.42 Å². The van der Waals surface area contributed by atoms with E-state index in [-0.39, 0.29) is 4.90 Å². The number of rotatable bonds is 5. The van der Waals surface area contributed by atoms with Crippen LogP contribution in [0, 0.1) is 0 Å². The summed E-state index contributed by atoms with van der Waals surface area (Å²) in [7, 11) is -4.35. The Hall–Kier alpha value is -6.35. The van der Waals surface area contributed by atoms with Crippen LogP contribution in [0.5, 0.6) is 0 Å². The average Bonchev–Trinajstić information content (AvgIpc) is 3.17. The van der Waals surface area contributed by atoms with Gasteiger partial charge in [-0.05, 0) is 42.5 Å². The second kappa shape index (κ2) is 11.7. The Balaban J connectivity index is 1.13. The fourth-order valence-electron chi connectivity index (χ4n) is 6.44. The molecule has 9 rings (SSSR count). The van der Waals surface area contributed by atoms with Gasteiger partial charge in [0.15, 0.2) is 0 Å². The quantitative estimate of drug-likeness (QED) is 0.144. The first kappa shape index (κ1) is 29.8. The minimum atomic E-state index is -4.35. The number of benzene rings is 5. The summed E-state index contributed by atoms with van der Waals surface area (Å²) in [5, 5.41) is 3.89. The number of hydrogen-bond acceptors (Lipinski definition) is 6. The van der Waals surface area contributed by atoms with Gasteiger partial charge in [-0.1, -0.05) is 109 Å². The highest BCUT2D eigenvalue weighted by Gasteiger charge is 2.14. The van der Waals surface area contributed by atoms with Crippen molar-refractivity contribution >= 4 is 53.7 Å². The third-order valence-electron chi connectivity index (χ3n) is 8.99. The van der Waals surface area contributed by atoms with Crippen LogP contribution in [0.4, 0.5) is 0 Å². The van der Waals surface area contributed by atoms with E-state index in [1.807, 2.05) is 78.9 Å². The fourth-order valence-corrected chi connectivity index (χ4v) is 6.97. The van der Waals surface area contributed by atoms with Gasteiger partial charge in [0.25, 0.3) is 10.1 Å². The van der Waals surface area contributed by atoms with Crippen LogP contribution >= 0.6 is 0 Å². The van der Waals surface area contributed by atoms with Gasteiger partial charge in [0, 0.05) is 43.8 Å². The number of pyridine rings is 4. The second-order valence-electron chi connectivity index (χ2n) is 12.2. The van der Waals surface area contributed by atoms with E-state index in [0.29, 0.717) is 16.8 Å². The van der Waals surface area contributed by atoms with Crippen LogP contribution in [0.15, 0.2) is 157 Å². The van der Waals surface area contributed by atoms with Gasteiger partial charge in [0.05, 0.1) is 49.7 Å². The molecule has 0 aliphatic rings. The lowest BCUT2D eigenvalue weighted by molar-refractivity contribution is 0.483. The lowest BCUT2D eigenvalue weighted by atomic mass is 10.0. The highest BCUT2D eigenvalue weighted by molar-refractivity contribution is 7.85. The highest BCUT2D eigenvalue weighted by Crippen LogP contribution is 2.32. The molecule has 0 radical (unpaired) electrons. The maximum atomic E-state index is 11.8. The molecular formula is C42H26N4O3S. The molecule has 0 fully saturated rings. The van der Waals surface area contributed by atoms with Crippen LogP contribution in [-0.2, 0) is 10.1 Å². The first-order valence-corrected chi connectivity index (χ1v) is 17.5. The first-order chi connectivity index (χ1) is 24.4. The van der Waals surface area contributed by atoms with Crippen molar-refractivity contribution in [1.29, 1.82) is 0 Å². The van der Waals surface area contributed by atoms with E-state index in [9.17, 15) is 13.0 Å². The molecule has 238 valence electrons. The molecule has 50 heavy (non-hydrogen) atoms. The normalized spacial score (nSPS) is 11.9. The summed E-state index contributed by atoms with van der Waals surface area (Å²) in [4.78, 5) is 20.0. The largest absolute Gasteiger partial charge is 0.294 e.